The normalized spacial score (nSPS) is 11.5. The van der Waals surface area contributed by atoms with Crippen molar-refractivity contribution in [3.05, 3.63) is 68.8 Å². The second kappa shape index (κ2) is 7.77. The molecule has 0 saturated carbocycles. The van der Waals surface area contributed by atoms with E-state index >= 15 is 0 Å². The van der Waals surface area contributed by atoms with Crippen molar-refractivity contribution in [2.24, 2.45) is 0 Å². The SMILES string of the molecule is Cc1cc(C)c(NC(=O)C(C)OC(=O)c2ccccc2[N+](=O)[O-])c(C)c1. The topological polar surface area (TPSA) is 98.5 Å². The Hall–Kier alpha value is -3.22. The lowest BCUT2D eigenvalue weighted by Gasteiger charge is -2.17. The van der Waals surface area contributed by atoms with Crippen LogP contribution >= 0.6 is 0 Å². The summed E-state index contributed by atoms with van der Waals surface area (Å²) in [7, 11) is 0. The van der Waals surface area contributed by atoms with Crippen LogP contribution in [0.15, 0.2) is 36.4 Å². The highest BCUT2D eigenvalue weighted by molar-refractivity contribution is 5.99. The molecule has 0 fully saturated rings. The van der Waals surface area contributed by atoms with Gasteiger partial charge in [0.2, 0.25) is 0 Å². The summed E-state index contributed by atoms with van der Waals surface area (Å²) in [5.41, 5.74) is 2.97. The molecule has 0 aliphatic carbocycles. The van der Waals surface area contributed by atoms with E-state index in [-0.39, 0.29) is 11.3 Å². The largest absolute Gasteiger partial charge is 0.449 e. The number of aryl methyl sites for hydroxylation is 3. The molecule has 136 valence electrons. The van der Waals surface area contributed by atoms with Gasteiger partial charge in [0.05, 0.1) is 4.92 Å². The summed E-state index contributed by atoms with van der Waals surface area (Å²) < 4.78 is 5.11. The van der Waals surface area contributed by atoms with Crippen LogP contribution in [0.2, 0.25) is 0 Å². The van der Waals surface area contributed by atoms with E-state index in [0.29, 0.717) is 5.69 Å². The molecule has 26 heavy (non-hydrogen) atoms. The highest BCUT2D eigenvalue weighted by Gasteiger charge is 2.25. The minimum atomic E-state index is -1.11. The van der Waals surface area contributed by atoms with Crippen LogP contribution in [-0.2, 0) is 9.53 Å². The zero-order chi connectivity index (χ0) is 19.4. The molecule has 0 aliphatic heterocycles. The summed E-state index contributed by atoms with van der Waals surface area (Å²) in [5.74, 6) is -1.43. The number of esters is 1. The summed E-state index contributed by atoms with van der Waals surface area (Å²) >= 11 is 0. The van der Waals surface area contributed by atoms with Gasteiger partial charge >= 0.3 is 5.97 Å². The van der Waals surface area contributed by atoms with Gasteiger partial charge in [-0.2, -0.15) is 0 Å². The number of amides is 1. The number of carbonyl (C=O) groups is 2. The van der Waals surface area contributed by atoms with E-state index in [4.69, 9.17) is 4.74 Å². The molecule has 0 heterocycles. The Morgan fingerprint density at radius 2 is 1.69 bits per heavy atom. The molecule has 2 rings (SSSR count). The quantitative estimate of drug-likeness (QED) is 0.500. The number of nitrogens with zero attached hydrogens (tertiary/aromatic N) is 1. The monoisotopic (exact) mass is 356 g/mol. The molecular formula is C19H20N2O5. The molecule has 0 aliphatic rings. The van der Waals surface area contributed by atoms with Crippen LogP contribution in [0.4, 0.5) is 11.4 Å². The molecule has 0 spiro atoms. The van der Waals surface area contributed by atoms with Crippen LogP contribution in [0, 0.1) is 30.9 Å². The molecular weight excluding hydrogens is 336 g/mol. The van der Waals surface area contributed by atoms with Gasteiger partial charge in [0.1, 0.15) is 5.56 Å². The number of hydrogen-bond acceptors (Lipinski definition) is 5. The standard InChI is InChI=1S/C19H20N2O5/c1-11-9-12(2)17(13(3)10-11)20-18(22)14(4)26-19(23)15-7-5-6-8-16(15)21(24)25/h5-10,14H,1-4H3,(H,20,22). The van der Waals surface area contributed by atoms with Gasteiger partial charge < -0.3 is 10.1 Å². The minimum absolute atomic E-state index is 0.195. The Balaban J connectivity index is 2.13. The van der Waals surface area contributed by atoms with Gasteiger partial charge in [-0.05, 0) is 44.9 Å². The summed E-state index contributed by atoms with van der Waals surface area (Å²) in [6.45, 7) is 7.13. The van der Waals surface area contributed by atoms with Gasteiger partial charge in [-0.25, -0.2) is 4.79 Å². The molecule has 0 saturated heterocycles. The van der Waals surface area contributed by atoms with E-state index in [0.717, 1.165) is 16.7 Å². The first-order chi connectivity index (χ1) is 12.2. The van der Waals surface area contributed by atoms with Crippen molar-refractivity contribution >= 4 is 23.3 Å². The van der Waals surface area contributed by atoms with Crippen molar-refractivity contribution in [2.45, 2.75) is 33.8 Å². The van der Waals surface area contributed by atoms with Crippen LogP contribution < -0.4 is 5.32 Å². The highest BCUT2D eigenvalue weighted by Crippen LogP contribution is 2.23. The first kappa shape index (κ1) is 19.1. The van der Waals surface area contributed by atoms with Crippen LogP contribution in [0.25, 0.3) is 0 Å². The Labute approximate surface area is 151 Å². The van der Waals surface area contributed by atoms with Crippen molar-refractivity contribution in [3.63, 3.8) is 0 Å². The van der Waals surface area contributed by atoms with E-state index in [2.05, 4.69) is 5.32 Å². The number of carbonyl (C=O) groups excluding carboxylic acids is 2. The van der Waals surface area contributed by atoms with Crippen molar-refractivity contribution in [2.75, 3.05) is 5.32 Å². The Kier molecular flexibility index (Phi) is 5.71. The lowest BCUT2D eigenvalue weighted by Crippen LogP contribution is -2.30. The number of rotatable bonds is 5. The number of hydrogen-bond donors (Lipinski definition) is 1. The lowest BCUT2D eigenvalue weighted by molar-refractivity contribution is -0.385. The Morgan fingerprint density at radius 3 is 2.27 bits per heavy atom. The van der Waals surface area contributed by atoms with Crippen LogP contribution in [0.5, 0.6) is 0 Å². The average Bonchev–Trinajstić information content (AvgIpc) is 2.57. The average molecular weight is 356 g/mol. The third-order valence-corrected chi connectivity index (χ3v) is 3.90. The Bertz CT molecular complexity index is 853. The molecule has 1 N–H and O–H groups in total. The maximum atomic E-state index is 12.4. The molecule has 1 unspecified atom stereocenters. The number of ether oxygens (including phenoxy) is 1. The van der Waals surface area contributed by atoms with Crippen LogP contribution in [0.1, 0.15) is 34.0 Å². The van der Waals surface area contributed by atoms with Gasteiger partial charge in [-0.15, -0.1) is 0 Å². The third-order valence-electron chi connectivity index (χ3n) is 3.90. The molecule has 7 heteroatoms. The molecule has 0 radical (unpaired) electrons. The maximum absolute atomic E-state index is 12.4. The highest BCUT2D eigenvalue weighted by atomic mass is 16.6. The third kappa shape index (κ3) is 4.24. The van der Waals surface area contributed by atoms with Gasteiger partial charge in [0.15, 0.2) is 6.10 Å². The zero-order valence-electron chi connectivity index (χ0n) is 15.0. The lowest BCUT2D eigenvalue weighted by atomic mass is 10.0. The predicted molar refractivity (Wildman–Crippen MR) is 97.3 cm³/mol. The van der Waals surface area contributed by atoms with Crippen molar-refractivity contribution < 1.29 is 19.2 Å². The second-order valence-corrected chi connectivity index (χ2v) is 6.08. The van der Waals surface area contributed by atoms with Gasteiger partial charge in [0, 0.05) is 11.8 Å². The van der Waals surface area contributed by atoms with Crippen molar-refractivity contribution in [1.82, 2.24) is 0 Å². The number of benzene rings is 2. The summed E-state index contributed by atoms with van der Waals surface area (Å²) in [4.78, 5) is 34.9. The fourth-order valence-electron chi connectivity index (χ4n) is 2.69. The van der Waals surface area contributed by atoms with Crippen molar-refractivity contribution in [3.8, 4) is 0 Å². The molecule has 0 bridgehead atoms. The molecule has 1 amide bonds. The molecule has 2 aromatic carbocycles. The van der Waals surface area contributed by atoms with Crippen LogP contribution in [-0.4, -0.2) is 22.9 Å². The molecule has 2 aromatic rings. The first-order valence-electron chi connectivity index (χ1n) is 8.03. The van der Waals surface area contributed by atoms with E-state index in [1.807, 2.05) is 32.9 Å². The molecule has 7 nitrogen and oxygen atoms in total. The number of nitro groups is 1. The van der Waals surface area contributed by atoms with E-state index in [1.165, 1.54) is 31.2 Å². The maximum Gasteiger partial charge on any atom is 0.345 e. The predicted octanol–water partition coefficient (Wildman–Crippen LogP) is 3.70. The minimum Gasteiger partial charge on any atom is -0.449 e. The molecule has 1 atom stereocenters. The van der Waals surface area contributed by atoms with Crippen LogP contribution in [0.3, 0.4) is 0 Å². The smallest absolute Gasteiger partial charge is 0.345 e. The number of anilines is 1. The fourth-order valence-corrected chi connectivity index (χ4v) is 2.69. The van der Waals surface area contributed by atoms with E-state index in [9.17, 15) is 19.7 Å². The van der Waals surface area contributed by atoms with E-state index < -0.39 is 22.9 Å². The summed E-state index contributed by atoms with van der Waals surface area (Å²) in [5, 5.41) is 13.8. The zero-order valence-corrected chi connectivity index (χ0v) is 15.0. The first-order valence-corrected chi connectivity index (χ1v) is 8.03. The van der Waals surface area contributed by atoms with Crippen molar-refractivity contribution in [1.29, 1.82) is 0 Å². The van der Waals surface area contributed by atoms with E-state index in [1.54, 1.807) is 0 Å². The number of para-hydroxylation sites is 1. The van der Waals surface area contributed by atoms with Gasteiger partial charge in [-0.1, -0.05) is 29.8 Å². The number of nitro benzene ring substituents is 1. The number of nitrogens with one attached hydrogen (secondary N) is 1. The summed E-state index contributed by atoms with van der Waals surface area (Å²) in [6, 6.07) is 9.32. The molecule has 0 aromatic heterocycles. The fraction of sp³-hybridized carbons (Fsp3) is 0.263. The van der Waals surface area contributed by atoms with Gasteiger partial charge in [0.25, 0.3) is 11.6 Å². The second-order valence-electron chi connectivity index (χ2n) is 6.08. The summed E-state index contributed by atoms with van der Waals surface area (Å²) in [6.07, 6.45) is -1.11. The van der Waals surface area contributed by atoms with Gasteiger partial charge in [-0.3, -0.25) is 14.9 Å². The Morgan fingerprint density at radius 1 is 1.12 bits per heavy atom.